The normalized spacial score (nSPS) is 11.6. The molecule has 46 heavy (non-hydrogen) atoms. The molecule has 0 aromatic heterocycles. The SMILES string of the molecule is CCOc1cc(C(Nc2ccc(C(=N)N)cc2)C(=O)NNc2ccccc2C(=O)O)ccc1OCC(C)(C)N.O=C(O)C(F)(F)F. The van der Waals surface area contributed by atoms with Crippen LogP contribution in [0.3, 0.4) is 0 Å². The average Bonchev–Trinajstić information content (AvgIpc) is 2.98. The molecule has 3 rings (SSSR count). The van der Waals surface area contributed by atoms with Crippen molar-refractivity contribution in [3.63, 3.8) is 0 Å². The van der Waals surface area contributed by atoms with Crippen LogP contribution in [-0.4, -0.2) is 58.8 Å². The average molecular weight is 649 g/mol. The number of carboxylic acid groups (broad SMARTS) is 2. The number of amides is 1. The van der Waals surface area contributed by atoms with Gasteiger partial charge < -0.3 is 36.5 Å². The molecule has 0 heterocycles. The zero-order chi connectivity index (χ0) is 34.7. The van der Waals surface area contributed by atoms with Crippen molar-refractivity contribution in [1.29, 1.82) is 5.41 Å². The molecular formula is C30H35F3N6O7. The summed E-state index contributed by atoms with van der Waals surface area (Å²) < 4.78 is 43.4. The largest absolute Gasteiger partial charge is 0.490 e. The highest BCUT2D eigenvalue weighted by Crippen LogP contribution is 2.33. The number of carboxylic acids is 2. The molecule has 13 nitrogen and oxygen atoms in total. The van der Waals surface area contributed by atoms with Crippen LogP contribution in [0.5, 0.6) is 11.5 Å². The van der Waals surface area contributed by atoms with E-state index >= 15 is 0 Å². The van der Waals surface area contributed by atoms with E-state index in [2.05, 4.69) is 16.2 Å². The van der Waals surface area contributed by atoms with Gasteiger partial charge in [-0.25, -0.2) is 9.59 Å². The number of anilines is 2. The van der Waals surface area contributed by atoms with Gasteiger partial charge >= 0.3 is 18.1 Å². The molecule has 0 saturated heterocycles. The van der Waals surface area contributed by atoms with E-state index < -0.39 is 35.6 Å². The lowest BCUT2D eigenvalue weighted by Gasteiger charge is -2.23. The molecule has 1 unspecified atom stereocenters. The molecule has 10 N–H and O–H groups in total. The Morgan fingerprint density at radius 1 is 0.957 bits per heavy atom. The summed E-state index contributed by atoms with van der Waals surface area (Å²) in [4.78, 5) is 33.9. The van der Waals surface area contributed by atoms with E-state index in [4.69, 9.17) is 36.3 Å². The van der Waals surface area contributed by atoms with Gasteiger partial charge in [-0.3, -0.25) is 21.1 Å². The first kappa shape index (κ1) is 36.7. The number of alkyl halides is 3. The first-order valence-corrected chi connectivity index (χ1v) is 13.5. The van der Waals surface area contributed by atoms with Gasteiger partial charge in [0.1, 0.15) is 18.5 Å². The first-order valence-electron chi connectivity index (χ1n) is 13.5. The van der Waals surface area contributed by atoms with Gasteiger partial charge in [0.05, 0.1) is 17.9 Å². The van der Waals surface area contributed by atoms with E-state index in [1.165, 1.54) is 6.07 Å². The second kappa shape index (κ2) is 16.0. The predicted molar refractivity (Wildman–Crippen MR) is 164 cm³/mol. The Bertz CT molecular complexity index is 1530. The highest BCUT2D eigenvalue weighted by molar-refractivity contribution is 5.96. The number of para-hydroxylation sites is 1. The molecule has 0 aliphatic rings. The zero-order valence-electron chi connectivity index (χ0n) is 25.1. The van der Waals surface area contributed by atoms with Gasteiger partial charge in [0, 0.05) is 16.8 Å². The number of nitrogen functional groups attached to an aromatic ring is 1. The maximum Gasteiger partial charge on any atom is 0.490 e. The van der Waals surface area contributed by atoms with Crippen molar-refractivity contribution < 1.29 is 47.2 Å². The summed E-state index contributed by atoms with van der Waals surface area (Å²) >= 11 is 0. The molecular weight excluding hydrogens is 613 g/mol. The van der Waals surface area contributed by atoms with Crippen molar-refractivity contribution in [1.82, 2.24) is 5.43 Å². The van der Waals surface area contributed by atoms with Crippen LogP contribution in [-0.2, 0) is 9.59 Å². The maximum atomic E-state index is 13.5. The Hall–Kier alpha value is -5.51. The highest BCUT2D eigenvalue weighted by Gasteiger charge is 2.38. The van der Waals surface area contributed by atoms with Crippen LogP contribution < -0.4 is 37.1 Å². The number of amidine groups is 1. The molecule has 16 heteroatoms. The van der Waals surface area contributed by atoms with Gasteiger partial charge in [-0.15, -0.1) is 0 Å². The topological polar surface area (TPSA) is 222 Å². The van der Waals surface area contributed by atoms with Gasteiger partial charge in [0.15, 0.2) is 11.5 Å². The van der Waals surface area contributed by atoms with Crippen molar-refractivity contribution in [2.24, 2.45) is 11.5 Å². The number of carbonyl (C=O) groups is 3. The molecule has 3 aromatic rings. The summed E-state index contributed by atoms with van der Waals surface area (Å²) in [6.45, 7) is 6.16. The lowest BCUT2D eigenvalue weighted by Crippen LogP contribution is -2.38. The number of hydrogen-bond acceptors (Lipinski definition) is 9. The van der Waals surface area contributed by atoms with Crippen molar-refractivity contribution in [3.8, 4) is 11.5 Å². The number of nitrogens with one attached hydrogen (secondary N) is 4. The van der Waals surface area contributed by atoms with Crippen molar-refractivity contribution >= 4 is 35.1 Å². The molecule has 0 bridgehead atoms. The zero-order valence-corrected chi connectivity index (χ0v) is 25.1. The predicted octanol–water partition coefficient (Wildman–Crippen LogP) is 4.11. The number of benzene rings is 3. The Morgan fingerprint density at radius 3 is 2.09 bits per heavy atom. The number of rotatable bonds is 13. The molecule has 3 aromatic carbocycles. The first-order chi connectivity index (χ1) is 21.4. The van der Waals surface area contributed by atoms with Crippen molar-refractivity contribution in [3.05, 3.63) is 83.4 Å². The Balaban J connectivity index is 0.000000942. The number of aliphatic carboxylic acids is 1. The second-order valence-corrected chi connectivity index (χ2v) is 10.3. The lowest BCUT2D eigenvalue weighted by atomic mass is 10.0. The molecule has 1 amide bonds. The number of aromatic carboxylic acids is 1. The quantitative estimate of drug-likeness (QED) is 0.0748. The van der Waals surface area contributed by atoms with Crippen LogP contribution in [0, 0.1) is 5.41 Å². The van der Waals surface area contributed by atoms with Gasteiger partial charge in [0.25, 0.3) is 5.91 Å². The minimum atomic E-state index is -5.08. The monoisotopic (exact) mass is 648 g/mol. The number of hydrazine groups is 1. The van der Waals surface area contributed by atoms with E-state index in [9.17, 15) is 27.9 Å². The summed E-state index contributed by atoms with van der Waals surface area (Å²) in [7, 11) is 0. The standard InChI is InChI=1S/C28H34N6O5.C2HF3O2/c1-4-38-23-15-18(11-14-22(23)39-16-28(2,3)31)24(32-19-12-9-17(10-13-19)25(29)30)26(35)34-33-21-8-6-5-7-20(21)27(36)37;3-2(4,5)1(6)7/h5-15,24,32-33H,4,16,31H2,1-3H3,(H3,29,30)(H,34,35)(H,36,37);(H,6,7). The van der Waals surface area contributed by atoms with Gasteiger partial charge in [-0.05, 0) is 74.9 Å². The molecule has 248 valence electrons. The van der Waals surface area contributed by atoms with E-state index in [0.29, 0.717) is 34.9 Å². The van der Waals surface area contributed by atoms with Crippen LogP contribution >= 0.6 is 0 Å². The molecule has 0 aliphatic carbocycles. The molecule has 0 radical (unpaired) electrons. The van der Waals surface area contributed by atoms with E-state index in [1.807, 2.05) is 20.8 Å². The van der Waals surface area contributed by atoms with Crippen LogP contribution in [0.15, 0.2) is 66.7 Å². The summed E-state index contributed by atoms with van der Waals surface area (Å²) in [5.41, 5.74) is 18.3. The number of ether oxygens (including phenoxy) is 2. The smallest absolute Gasteiger partial charge is 0.490 e. The summed E-state index contributed by atoms with van der Waals surface area (Å²) in [6.07, 6.45) is -5.08. The molecule has 1 atom stereocenters. The third-order valence-electron chi connectivity index (χ3n) is 5.69. The fourth-order valence-electron chi connectivity index (χ4n) is 3.55. The lowest BCUT2D eigenvalue weighted by molar-refractivity contribution is -0.192. The molecule has 0 saturated carbocycles. The molecule has 0 aliphatic heterocycles. The Morgan fingerprint density at radius 2 is 1.57 bits per heavy atom. The molecule has 0 spiro atoms. The Kier molecular flexibility index (Phi) is 12.7. The minimum Gasteiger partial charge on any atom is -0.490 e. The fourth-order valence-corrected chi connectivity index (χ4v) is 3.55. The summed E-state index contributed by atoms with van der Waals surface area (Å²) in [5, 5.41) is 27.4. The van der Waals surface area contributed by atoms with E-state index in [-0.39, 0.29) is 23.7 Å². The highest BCUT2D eigenvalue weighted by atomic mass is 19.4. The van der Waals surface area contributed by atoms with Crippen LogP contribution in [0.4, 0.5) is 24.5 Å². The van der Waals surface area contributed by atoms with Crippen molar-refractivity contribution in [2.45, 2.75) is 38.5 Å². The summed E-state index contributed by atoms with van der Waals surface area (Å²) in [5.74, 6) is -3.54. The van der Waals surface area contributed by atoms with Crippen molar-refractivity contribution in [2.75, 3.05) is 24.0 Å². The van der Waals surface area contributed by atoms with Gasteiger partial charge in [0.2, 0.25) is 0 Å². The fraction of sp³-hybridized carbons (Fsp3) is 0.267. The number of halogens is 3. The molecule has 0 fully saturated rings. The van der Waals surface area contributed by atoms with E-state index in [0.717, 1.165) is 0 Å². The Labute approximate surface area is 262 Å². The van der Waals surface area contributed by atoms with Crippen LogP contribution in [0.1, 0.15) is 48.3 Å². The maximum absolute atomic E-state index is 13.5. The number of carbonyl (C=O) groups excluding carboxylic acids is 1. The van der Waals surface area contributed by atoms with E-state index in [1.54, 1.807) is 60.7 Å². The third-order valence-corrected chi connectivity index (χ3v) is 5.69. The van der Waals surface area contributed by atoms with Crippen LogP contribution in [0.2, 0.25) is 0 Å². The third kappa shape index (κ3) is 11.5. The van der Waals surface area contributed by atoms with Gasteiger partial charge in [-0.2, -0.15) is 13.2 Å². The summed E-state index contributed by atoms with van der Waals surface area (Å²) in [6, 6.07) is 17.2. The number of hydrogen-bond donors (Lipinski definition) is 8. The van der Waals surface area contributed by atoms with Crippen LogP contribution in [0.25, 0.3) is 0 Å². The van der Waals surface area contributed by atoms with Gasteiger partial charge in [-0.1, -0.05) is 18.2 Å². The minimum absolute atomic E-state index is 0.00472. The second-order valence-electron chi connectivity index (χ2n) is 10.3. The number of nitrogens with two attached hydrogens (primary N) is 2.